The van der Waals surface area contributed by atoms with Crippen LogP contribution in [0.25, 0.3) is 0 Å². The van der Waals surface area contributed by atoms with Crippen molar-refractivity contribution in [3.05, 3.63) is 0 Å². The normalized spacial score (nSPS) is 11.9. The molecule has 0 aliphatic rings. The van der Waals surface area contributed by atoms with Crippen LogP contribution in [0.1, 0.15) is 20.8 Å². The van der Waals surface area contributed by atoms with Crippen molar-refractivity contribution in [1.82, 2.24) is 0 Å². The third-order valence-corrected chi connectivity index (χ3v) is 1.05. The summed E-state index contributed by atoms with van der Waals surface area (Å²) in [5, 5.41) is 0. The molecule has 0 bridgehead atoms. The number of carbonyl (C=O) groups excluding carboxylic acids is 2. The summed E-state index contributed by atoms with van der Waals surface area (Å²) >= 11 is 0. The fourth-order valence-electron chi connectivity index (χ4n) is 0.662. The fourth-order valence-corrected chi connectivity index (χ4v) is 0.662. The van der Waals surface area contributed by atoms with E-state index in [1.165, 1.54) is 13.8 Å². The highest BCUT2D eigenvalue weighted by Gasteiger charge is 2.10. The largest absolute Gasteiger partial charge is 0.426 e. The summed E-state index contributed by atoms with van der Waals surface area (Å²) < 4.78 is 14.0. The summed E-state index contributed by atoms with van der Waals surface area (Å²) in [4.78, 5) is 21.3. The first kappa shape index (κ1) is 11.9. The summed E-state index contributed by atoms with van der Waals surface area (Å²) in [6.45, 7) is 4.79. The summed E-state index contributed by atoms with van der Waals surface area (Å²) in [5.74, 6) is -1.03. The van der Waals surface area contributed by atoms with Gasteiger partial charge in [0, 0.05) is 20.5 Å². The molecule has 0 aromatic carbocycles. The Morgan fingerprint density at radius 3 is 2.38 bits per heavy atom. The van der Waals surface area contributed by atoms with E-state index in [4.69, 9.17) is 4.74 Å². The van der Waals surface area contributed by atoms with Gasteiger partial charge in [-0.2, -0.15) is 0 Å². The summed E-state index contributed by atoms with van der Waals surface area (Å²) in [6, 6.07) is 0. The van der Waals surface area contributed by atoms with Gasteiger partial charge in [0.2, 0.25) is 6.29 Å². The first-order valence-corrected chi connectivity index (χ1v) is 4.00. The quantitative estimate of drug-likeness (QED) is 0.466. The van der Waals surface area contributed by atoms with Gasteiger partial charge in [0.15, 0.2) is 0 Å². The van der Waals surface area contributed by atoms with E-state index in [0.29, 0.717) is 6.61 Å². The minimum Gasteiger partial charge on any atom is -0.426 e. The van der Waals surface area contributed by atoms with Gasteiger partial charge in [0.25, 0.3) is 0 Å². The van der Waals surface area contributed by atoms with E-state index in [2.05, 4.69) is 9.47 Å². The van der Waals surface area contributed by atoms with Gasteiger partial charge in [-0.1, -0.05) is 0 Å². The van der Waals surface area contributed by atoms with Crippen LogP contribution >= 0.6 is 0 Å². The van der Waals surface area contributed by atoms with E-state index in [0.717, 1.165) is 0 Å². The lowest BCUT2D eigenvalue weighted by atomic mass is 10.6. The second-order valence-electron chi connectivity index (χ2n) is 2.30. The molecule has 0 radical (unpaired) electrons. The SMILES string of the molecule is CCOCC(=O)OC(C)OC(C)=O. The number of rotatable bonds is 5. The van der Waals surface area contributed by atoms with Gasteiger partial charge in [-0.05, 0) is 6.92 Å². The van der Waals surface area contributed by atoms with Gasteiger partial charge in [-0.15, -0.1) is 0 Å². The van der Waals surface area contributed by atoms with Crippen molar-refractivity contribution in [2.45, 2.75) is 27.1 Å². The van der Waals surface area contributed by atoms with Crippen LogP contribution in [0.15, 0.2) is 0 Å². The molecule has 0 aromatic heterocycles. The third-order valence-electron chi connectivity index (χ3n) is 1.05. The monoisotopic (exact) mass is 190 g/mol. The van der Waals surface area contributed by atoms with Gasteiger partial charge >= 0.3 is 11.9 Å². The Morgan fingerprint density at radius 1 is 1.31 bits per heavy atom. The van der Waals surface area contributed by atoms with E-state index in [-0.39, 0.29) is 6.61 Å². The minimum atomic E-state index is -0.856. The highest BCUT2D eigenvalue weighted by molar-refractivity contribution is 5.71. The lowest BCUT2D eigenvalue weighted by Crippen LogP contribution is -2.23. The third kappa shape index (κ3) is 7.27. The van der Waals surface area contributed by atoms with Crippen molar-refractivity contribution in [3.63, 3.8) is 0 Å². The summed E-state index contributed by atoms with van der Waals surface area (Å²) in [7, 11) is 0. The van der Waals surface area contributed by atoms with E-state index in [1.54, 1.807) is 6.92 Å². The Morgan fingerprint density at radius 2 is 1.92 bits per heavy atom. The number of hydrogen-bond acceptors (Lipinski definition) is 5. The Kier molecular flexibility index (Phi) is 5.88. The molecule has 0 spiro atoms. The first-order valence-electron chi connectivity index (χ1n) is 4.00. The van der Waals surface area contributed by atoms with Crippen molar-refractivity contribution in [2.24, 2.45) is 0 Å². The molecule has 0 aromatic rings. The number of hydrogen-bond donors (Lipinski definition) is 0. The van der Waals surface area contributed by atoms with E-state index < -0.39 is 18.2 Å². The molecule has 0 aliphatic heterocycles. The van der Waals surface area contributed by atoms with Crippen molar-refractivity contribution < 1.29 is 23.8 Å². The molecular weight excluding hydrogens is 176 g/mol. The Labute approximate surface area is 77.0 Å². The molecule has 0 saturated heterocycles. The summed E-state index contributed by atoms with van der Waals surface area (Å²) in [6.07, 6.45) is -0.856. The molecular formula is C8H14O5. The maximum Gasteiger partial charge on any atom is 0.335 e. The van der Waals surface area contributed by atoms with Gasteiger partial charge in [-0.25, -0.2) is 4.79 Å². The molecule has 76 valence electrons. The highest BCUT2D eigenvalue weighted by atomic mass is 16.7. The Balaban J connectivity index is 3.59. The zero-order valence-corrected chi connectivity index (χ0v) is 8.03. The molecule has 5 heteroatoms. The molecule has 0 aliphatic carbocycles. The first-order chi connectivity index (χ1) is 6.06. The van der Waals surface area contributed by atoms with Gasteiger partial charge in [0.1, 0.15) is 6.61 Å². The lowest BCUT2D eigenvalue weighted by Gasteiger charge is -2.12. The van der Waals surface area contributed by atoms with Crippen LogP contribution in [0.5, 0.6) is 0 Å². The van der Waals surface area contributed by atoms with Crippen molar-refractivity contribution in [1.29, 1.82) is 0 Å². The molecule has 0 saturated carbocycles. The maximum absolute atomic E-state index is 10.9. The van der Waals surface area contributed by atoms with E-state index in [1.807, 2.05) is 0 Å². The predicted molar refractivity (Wildman–Crippen MR) is 43.8 cm³/mol. The Hall–Kier alpha value is -1.10. The van der Waals surface area contributed by atoms with Crippen LogP contribution in [-0.4, -0.2) is 31.4 Å². The molecule has 0 N–H and O–H groups in total. The molecule has 0 rings (SSSR count). The number of carbonyl (C=O) groups is 2. The van der Waals surface area contributed by atoms with Gasteiger partial charge in [0.05, 0.1) is 0 Å². The molecule has 5 nitrogen and oxygen atoms in total. The van der Waals surface area contributed by atoms with Crippen LogP contribution in [-0.2, 0) is 23.8 Å². The van der Waals surface area contributed by atoms with Gasteiger partial charge in [-0.3, -0.25) is 4.79 Å². The van der Waals surface area contributed by atoms with Crippen LogP contribution < -0.4 is 0 Å². The molecule has 1 atom stereocenters. The highest BCUT2D eigenvalue weighted by Crippen LogP contribution is 1.95. The van der Waals surface area contributed by atoms with Crippen molar-refractivity contribution in [2.75, 3.05) is 13.2 Å². The van der Waals surface area contributed by atoms with Crippen molar-refractivity contribution in [3.8, 4) is 0 Å². The molecule has 1 unspecified atom stereocenters. The molecule has 13 heavy (non-hydrogen) atoms. The smallest absolute Gasteiger partial charge is 0.335 e. The van der Waals surface area contributed by atoms with Gasteiger partial charge < -0.3 is 14.2 Å². The maximum atomic E-state index is 10.9. The lowest BCUT2D eigenvalue weighted by molar-refractivity contribution is -0.185. The second-order valence-corrected chi connectivity index (χ2v) is 2.30. The van der Waals surface area contributed by atoms with Crippen molar-refractivity contribution >= 4 is 11.9 Å². The van der Waals surface area contributed by atoms with Crippen LogP contribution in [0.2, 0.25) is 0 Å². The van der Waals surface area contributed by atoms with Crippen LogP contribution in [0.4, 0.5) is 0 Å². The zero-order chi connectivity index (χ0) is 10.3. The fraction of sp³-hybridized carbons (Fsp3) is 0.750. The minimum absolute atomic E-state index is 0.123. The standard InChI is InChI=1S/C8H14O5/c1-4-11-5-8(10)13-7(3)12-6(2)9/h7H,4-5H2,1-3H3. The van der Waals surface area contributed by atoms with Crippen LogP contribution in [0.3, 0.4) is 0 Å². The second kappa shape index (κ2) is 6.42. The van der Waals surface area contributed by atoms with Crippen LogP contribution in [0, 0.1) is 0 Å². The Bertz CT molecular complexity index is 177. The molecule has 0 amide bonds. The molecule has 0 fully saturated rings. The van der Waals surface area contributed by atoms with E-state index in [9.17, 15) is 9.59 Å². The number of esters is 2. The molecule has 0 heterocycles. The summed E-state index contributed by atoms with van der Waals surface area (Å²) in [5.41, 5.74) is 0. The zero-order valence-electron chi connectivity index (χ0n) is 8.03. The average Bonchev–Trinajstić information content (AvgIpc) is 1.98. The average molecular weight is 190 g/mol. The van der Waals surface area contributed by atoms with E-state index >= 15 is 0 Å². The topological polar surface area (TPSA) is 61.8 Å². The number of ether oxygens (including phenoxy) is 3. The predicted octanol–water partition coefficient (Wildman–Crippen LogP) is 0.475.